The van der Waals surface area contributed by atoms with Crippen molar-refractivity contribution in [2.24, 2.45) is 0 Å². The van der Waals surface area contributed by atoms with Crippen LogP contribution in [0.3, 0.4) is 0 Å². The van der Waals surface area contributed by atoms with Crippen molar-refractivity contribution in [1.82, 2.24) is 5.32 Å². The molecule has 0 atom stereocenters. The molecule has 1 rings (SSSR count). The summed E-state index contributed by atoms with van der Waals surface area (Å²) in [7, 11) is 0. The van der Waals surface area contributed by atoms with Gasteiger partial charge in [-0.2, -0.15) is 11.3 Å². The molecule has 0 bridgehead atoms. The normalized spacial score (nSPS) is 10.3. The molecule has 0 fully saturated rings. The summed E-state index contributed by atoms with van der Waals surface area (Å²) in [6.07, 6.45) is 2.36. The second kappa shape index (κ2) is 6.85. The Morgan fingerprint density at radius 1 is 1.47 bits per heavy atom. The third-order valence-corrected chi connectivity index (χ3v) is 3.40. The Bertz CT molecular complexity index is 311. The van der Waals surface area contributed by atoms with Gasteiger partial charge in [-0.25, -0.2) is 0 Å². The number of halogens is 1. The lowest BCUT2D eigenvalue weighted by molar-refractivity contribution is -0.121. The number of rotatable bonds is 6. The Balaban J connectivity index is 2.20. The van der Waals surface area contributed by atoms with Crippen LogP contribution in [0.25, 0.3) is 0 Å². The van der Waals surface area contributed by atoms with E-state index < -0.39 is 0 Å². The number of hydrogen-bond acceptors (Lipinski definition) is 2. The van der Waals surface area contributed by atoms with Crippen molar-refractivity contribution in [3.05, 3.63) is 21.9 Å². The number of aryl methyl sites for hydroxylation is 1. The van der Waals surface area contributed by atoms with E-state index in [-0.39, 0.29) is 5.91 Å². The van der Waals surface area contributed by atoms with Crippen molar-refractivity contribution in [2.75, 3.05) is 5.88 Å². The van der Waals surface area contributed by atoms with Crippen molar-refractivity contribution in [3.8, 4) is 0 Å². The van der Waals surface area contributed by atoms with Crippen molar-refractivity contribution in [1.29, 1.82) is 0 Å². The zero-order valence-electron chi connectivity index (χ0n) is 8.88. The van der Waals surface area contributed by atoms with E-state index in [1.807, 2.05) is 0 Å². The van der Waals surface area contributed by atoms with Gasteiger partial charge in [-0.3, -0.25) is 4.79 Å². The predicted molar refractivity (Wildman–Crippen MR) is 65.5 cm³/mol. The lowest BCUT2D eigenvalue weighted by atomic mass is 10.2. The number of carbonyl (C=O) groups excluding carboxylic acids is 1. The van der Waals surface area contributed by atoms with Crippen LogP contribution in [0.1, 0.15) is 30.4 Å². The van der Waals surface area contributed by atoms with Crippen LogP contribution in [0.2, 0.25) is 0 Å². The zero-order valence-corrected chi connectivity index (χ0v) is 10.5. The topological polar surface area (TPSA) is 29.1 Å². The third kappa shape index (κ3) is 4.67. The predicted octanol–water partition coefficient (Wildman–Crippen LogP) is 3.08. The molecule has 2 nitrogen and oxygen atoms in total. The van der Waals surface area contributed by atoms with Crippen LogP contribution in [0.5, 0.6) is 0 Å². The molecule has 1 aromatic rings. The first-order valence-corrected chi connectivity index (χ1v) is 6.56. The molecule has 0 saturated carbocycles. The molecule has 15 heavy (non-hydrogen) atoms. The highest BCUT2D eigenvalue weighted by molar-refractivity contribution is 7.08. The largest absolute Gasteiger partial charge is 0.352 e. The summed E-state index contributed by atoms with van der Waals surface area (Å²) in [6.45, 7) is 2.71. The standard InChI is InChI=1S/C11H16ClNOS/c1-9-7-15-8-10(9)6-13-11(14)4-2-3-5-12/h7-8H,2-6H2,1H3,(H,13,14). The molecule has 84 valence electrons. The van der Waals surface area contributed by atoms with E-state index in [1.165, 1.54) is 11.1 Å². The molecule has 0 aliphatic rings. The van der Waals surface area contributed by atoms with Gasteiger partial charge in [0.1, 0.15) is 0 Å². The summed E-state index contributed by atoms with van der Waals surface area (Å²) in [4.78, 5) is 11.4. The fourth-order valence-electron chi connectivity index (χ4n) is 1.23. The molecule has 1 amide bonds. The Hall–Kier alpha value is -0.540. The van der Waals surface area contributed by atoms with Gasteiger partial charge in [0.2, 0.25) is 5.91 Å². The first kappa shape index (κ1) is 12.5. The van der Waals surface area contributed by atoms with Crippen molar-refractivity contribution in [3.63, 3.8) is 0 Å². The van der Waals surface area contributed by atoms with E-state index in [4.69, 9.17) is 11.6 Å². The minimum Gasteiger partial charge on any atom is -0.352 e. The maximum atomic E-state index is 11.4. The molecule has 0 aliphatic heterocycles. The minimum absolute atomic E-state index is 0.116. The van der Waals surface area contributed by atoms with E-state index in [9.17, 15) is 4.79 Å². The van der Waals surface area contributed by atoms with Crippen LogP contribution in [-0.4, -0.2) is 11.8 Å². The molecule has 1 heterocycles. The summed E-state index contributed by atoms with van der Waals surface area (Å²) in [5.74, 6) is 0.752. The molecule has 1 aromatic heterocycles. The monoisotopic (exact) mass is 245 g/mol. The Morgan fingerprint density at radius 3 is 2.87 bits per heavy atom. The van der Waals surface area contributed by atoms with E-state index in [0.717, 1.165) is 12.8 Å². The van der Waals surface area contributed by atoms with Gasteiger partial charge in [0, 0.05) is 18.8 Å². The molecule has 4 heteroatoms. The van der Waals surface area contributed by atoms with Gasteiger partial charge in [0.05, 0.1) is 0 Å². The molecule has 0 spiro atoms. The summed E-state index contributed by atoms with van der Waals surface area (Å²) in [5, 5.41) is 7.08. The fourth-order valence-corrected chi connectivity index (χ4v) is 2.28. The maximum Gasteiger partial charge on any atom is 0.220 e. The maximum absolute atomic E-state index is 11.4. The zero-order chi connectivity index (χ0) is 11.1. The number of hydrogen-bond donors (Lipinski definition) is 1. The summed E-state index contributed by atoms with van der Waals surface area (Å²) in [6, 6.07) is 0. The molecular formula is C11H16ClNOS. The molecule has 0 unspecified atom stereocenters. The Kier molecular flexibility index (Phi) is 5.73. The van der Waals surface area contributed by atoms with Crippen LogP contribution < -0.4 is 5.32 Å². The highest BCUT2D eigenvalue weighted by Crippen LogP contribution is 2.13. The second-order valence-electron chi connectivity index (χ2n) is 3.50. The molecule has 0 radical (unpaired) electrons. The van der Waals surface area contributed by atoms with Gasteiger partial charge < -0.3 is 5.32 Å². The van der Waals surface area contributed by atoms with Gasteiger partial charge in [-0.1, -0.05) is 0 Å². The average molecular weight is 246 g/mol. The lowest BCUT2D eigenvalue weighted by Gasteiger charge is -2.04. The Morgan fingerprint density at radius 2 is 2.27 bits per heavy atom. The number of thiophene rings is 1. The number of nitrogens with one attached hydrogen (secondary N) is 1. The smallest absolute Gasteiger partial charge is 0.220 e. The van der Waals surface area contributed by atoms with Crippen LogP contribution in [0, 0.1) is 6.92 Å². The number of alkyl halides is 1. The van der Waals surface area contributed by atoms with Crippen molar-refractivity contribution < 1.29 is 4.79 Å². The SMILES string of the molecule is Cc1cscc1CNC(=O)CCCCCl. The third-order valence-electron chi connectivity index (χ3n) is 2.23. The lowest BCUT2D eigenvalue weighted by Crippen LogP contribution is -2.22. The highest BCUT2D eigenvalue weighted by atomic mass is 35.5. The average Bonchev–Trinajstić information content (AvgIpc) is 2.61. The van der Waals surface area contributed by atoms with Crippen LogP contribution >= 0.6 is 22.9 Å². The van der Waals surface area contributed by atoms with Crippen molar-refractivity contribution >= 4 is 28.8 Å². The number of carbonyl (C=O) groups is 1. The summed E-state index contributed by atoms with van der Waals surface area (Å²) < 4.78 is 0. The summed E-state index contributed by atoms with van der Waals surface area (Å²) >= 11 is 7.20. The van der Waals surface area contributed by atoms with Crippen LogP contribution in [0.4, 0.5) is 0 Å². The Labute approximate surface area is 99.6 Å². The number of amides is 1. The van der Waals surface area contributed by atoms with Crippen LogP contribution in [-0.2, 0) is 11.3 Å². The van der Waals surface area contributed by atoms with Gasteiger partial charge in [0.15, 0.2) is 0 Å². The molecule has 0 aliphatic carbocycles. The molecule has 0 saturated heterocycles. The van der Waals surface area contributed by atoms with Gasteiger partial charge in [-0.15, -0.1) is 11.6 Å². The number of unbranched alkanes of at least 4 members (excludes halogenated alkanes) is 1. The van der Waals surface area contributed by atoms with Gasteiger partial charge >= 0.3 is 0 Å². The first-order chi connectivity index (χ1) is 7.24. The van der Waals surface area contributed by atoms with Crippen molar-refractivity contribution in [2.45, 2.75) is 32.7 Å². The minimum atomic E-state index is 0.116. The first-order valence-electron chi connectivity index (χ1n) is 5.08. The second-order valence-corrected chi connectivity index (χ2v) is 4.62. The molecule has 0 aromatic carbocycles. The van der Waals surface area contributed by atoms with Crippen LogP contribution in [0.15, 0.2) is 10.8 Å². The summed E-state index contributed by atoms with van der Waals surface area (Å²) in [5.41, 5.74) is 2.46. The van der Waals surface area contributed by atoms with E-state index in [1.54, 1.807) is 11.3 Å². The quantitative estimate of drug-likeness (QED) is 0.606. The molecular weight excluding hydrogens is 230 g/mol. The van der Waals surface area contributed by atoms with Gasteiger partial charge in [0.25, 0.3) is 0 Å². The molecule has 1 N–H and O–H groups in total. The highest BCUT2D eigenvalue weighted by Gasteiger charge is 2.03. The van der Waals surface area contributed by atoms with E-state index >= 15 is 0 Å². The van der Waals surface area contributed by atoms with Gasteiger partial charge in [-0.05, 0) is 41.7 Å². The van der Waals surface area contributed by atoms with E-state index in [0.29, 0.717) is 18.8 Å². The van der Waals surface area contributed by atoms with E-state index in [2.05, 4.69) is 23.0 Å². The fraction of sp³-hybridized carbons (Fsp3) is 0.545.